The summed E-state index contributed by atoms with van der Waals surface area (Å²) < 4.78 is 46.2. The molecule has 0 aliphatic carbocycles. The number of hydrogen-bond acceptors (Lipinski definition) is 10. The van der Waals surface area contributed by atoms with Crippen LogP contribution in [0.25, 0.3) is 5.65 Å². The lowest BCUT2D eigenvalue weighted by atomic mass is 10.2. The van der Waals surface area contributed by atoms with Gasteiger partial charge in [-0.05, 0) is 24.3 Å². The molecule has 0 saturated carbocycles. The smallest absolute Gasteiger partial charge is 0.339 e. The Morgan fingerprint density at radius 2 is 1.93 bits per heavy atom. The summed E-state index contributed by atoms with van der Waals surface area (Å²) in [5.74, 6) is -1.58. The molecule has 0 unspecified atom stereocenters. The fourth-order valence-corrected chi connectivity index (χ4v) is 5.15. The molecule has 1 N–H and O–H groups in total. The number of imidazole rings is 1. The number of benzene rings is 1. The van der Waals surface area contributed by atoms with Crippen LogP contribution in [0.4, 0.5) is 14.7 Å². The molecule has 0 spiro atoms. The summed E-state index contributed by atoms with van der Waals surface area (Å²) in [5, 5.41) is 3.77. The number of ether oxygens (including phenoxy) is 3. The van der Waals surface area contributed by atoms with Crippen LogP contribution in [-0.2, 0) is 29.2 Å². The Kier molecular flexibility index (Phi) is 8.66. The minimum absolute atomic E-state index is 0.199. The maximum absolute atomic E-state index is 14.4. The van der Waals surface area contributed by atoms with E-state index in [1.807, 2.05) is 15.4 Å². The highest BCUT2D eigenvalue weighted by Crippen LogP contribution is 2.23. The van der Waals surface area contributed by atoms with Gasteiger partial charge in [0.1, 0.15) is 18.1 Å². The second-order valence-corrected chi connectivity index (χ2v) is 10.8. The van der Waals surface area contributed by atoms with Gasteiger partial charge in [-0.3, -0.25) is 4.90 Å². The van der Waals surface area contributed by atoms with Crippen molar-refractivity contribution in [1.29, 1.82) is 0 Å². The third-order valence-electron chi connectivity index (χ3n) is 7.52. The zero-order chi connectivity index (χ0) is 29.9. The number of piperazine rings is 1. The number of rotatable bonds is 10. The Morgan fingerprint density at radius 3 is 2.65 bits per heavy atom. The van der Waals surface area contributed by atoms with Crippen LogP contribution in [0.5, 0.6) is 5.88 Å². The number of fused-ring (bicyclic) bond motifs is 1. The summed E-state index contributed by atoms with van der Waals surface area (Å²) in [6.07, 6.45) is 2.82. The molecule has 5 heterocycles. The van der Waals surface area contributed by atoms with Crippen molar-refractivity contribution < 1.29 is 27.8 Å². The molecule has 43 heavy (non-hydrogen) atoms. The normalized spacial score (nSPS) is 16.0. The van der Waals surface area contributed by atoms with E-state index >= 15 is 0 Å². The number of hydrogen-bond donors (Lipinski definition) is 1. The third-order valence-corrected chi connectivity index (χ3v) is 7.76. The summed E-state index contributed by atoms with van der Waals surface area (Å²) in [6, 6.07) is 8.01. The van der Waals surface area contributed by atoms with Gasteiger partial charge < -0.3 is 28.8 Å². The highest BCUT2D eigenvalue weighted by molar-refractivity contribution is 6.30. The lowest BCUT2D eigenvalue weighted by Gasteiger charge is -2.34. The van der Waals surface area contributed by atoms with Crippen LogP contribution in [0.15, 0.2) is 42.7 Å². The molecule has 11 nitrogen and oxygen atoms in total. The largest absolute Gasteiger partial charge is 0.470 e. The van der Waals surface area contributed by atoms with Crippen molar-refractivity contribution in [3.8, 4) is 5.88 Å². The van der Waals surface area contributed by atoms with E-state index in [0.717, 1.165) is 23.2 Å². The summed E-state index contributed by atoms with van der Waals surface area (Å²) in [6.45, 7) is 4.89. The van der Waals surface area contributed by atoms with E-state index in [0.29, 0.717) is 64.0 Å². The van der Waals surface area contributed by atoms with E-state index in [1.54, 1.807) is 18.3 Å². The van der Waals surface area contributed by atoms with Gasteiger partial charge in [-0.1, -0.05) is 17.7 Å². The topological polar surface area (TPSA) is 106 Å². The highest BCUT2D eigenvalue weighted by atomic mass is 35.5. The van der Waals surface area contributed by atoms with Crippen molar-refractivity contribution >= 4 is 29.2 Å². The Labute approximate surface area is 251 Å². The third kappa shape index (κ3) is 6.54. The number of esters is 1. The predicted molar refractivity (Wildman–Crippen MR) is 153 cm³/mol. The number of nitrogens with zero attached hydrogens (tertiary/aromatic N) is 6. The van der Waals surface area contributed by atoms with Gasteiger partial charge in [0.2, 0.25) is 11.8 Å². The highest BCUT2D eigenvalue weighted by Gasteiger charge is 2.25. The van der Waals surface area contributed by atoms with Gasteiger partial charge in [-0.25, -0.2) is 19.2 Å². The summed E-state index contributed by atoms with van der Waals surface area (Å²) in [7, 11) is 1.36. The standard InChI is InChI=1S/C29H30ClF2N7O4/c1-41-28(40)18-3-5-26-35-24(25(39(26)13-18)12-33-21-16-42-17-21)14-37-6-8-38(9-7-37)29-34-11-23(32)27(36-29)43-15-19-2-4-20(30)10-22(19)31/h2-5,10-11,13,21,33H,6-9,12,14-17H2,1H3. The lowest BCUT2D eigenvalue weighted by Crippen LogP contribution is -2.47. The van der Waals surface area contributed by atoms with Gasteiger partial charge >= 0.3 is 5.97 Å². The molecule has 1 aromatic carbocycles. The van der Waals surface area contributed by atoms with Crippen LogP contribution < -0.4 is 15.0 Å². The van der Waals surface area contributed by atoms with Crippen molar-refractivity contribution in [2.75, 3.05) is 51.4 Å². The van der Waals surface area contributed by atoms with Gasteiger partial charge in [-0.15, -0.1) is 0 Å². The summed E-state index contributed by atoms with van der Waals surface area (Å²) in [5.41, 5.74) is 3.30. The molecule has 2 aliphatic heterocycles. The van der Waals surface area contributed by atoms with Crippen molar-refractivity contribution in [3.05, 3.63) is 81.9 Å². The van der Waals surface area contributed by atoms with Crippen LogP contribution in [0.2, 0.25) is 5.02 Å². The van der Waals surface area contributed by atoms with E-state index in [-0.39, 0.29) is 29.1 Å². The second-order valence-electron chi connectivity index (χ2n) is 10.4. The monoisotopic (exact) mass is 613 g/mol. The van der Waals surface area contributed by atoms with Crippen LogP contribution in [0.3, 0.4) is 0 Å². The van der Waals surface area contributed by atoms with E-state index in [2.05, 4.69) is 20.2 Å². The molecule has 226 valence electrons. The molecule has 2 fully saturated rings. The molecule has 2 aliphatic rings. The van der Waals surface area contributed by atoms with E-state index in [9.17, 15) is 13.6 Å². The average molecular weight is 614 g/mol. The van der Waals surface area contributed by atoms with Crippen LogP contribution in [0, 0.1) is 11.6 Å². The van der Waals surface area contributed by atoms with Crippen molar-refractivity contribution in [2.24, 2.45) is 0 Å². The van der Waals surface area contributed by atoms with E-state index in [4.69, 9.17) is 30.8 Å². The Balaban J connectivity index is 1.12. The number of pyridine rings is 1. The number of carbonyl (C=O) groups is 1. The average Bonchev–Trinajstić information content (AvgIpc) is 3.32. The molecule has 2 saturated heterocycles. The molecule has 0 amide bonds. The second kappa shape index (κ2) is 12.8. The van der Waals surface area contributed by atoms with Crippen molar-refractivity contribution in [3.63, 3.8) is 0 Å². The van der Waals surface area contributed by atoms with Gasteiger partial charge in [0.15, 0.2) is 0 Å². The molecular weight excluding hydrogens is 584 g/mol. The molecule has 0 atom stereocenters. The molecule has 3 aromatic heterocycles. The molecule has 0 radical (unpaired) electrons. The van der Waals surface area contributed by atoms with Crippen LogP contribution >= 0.6 is 11.6 Å². The lowest BCUT2D eigenvalue weighted by molar-refractivity contribution is -0.00598. The summed E-state index contributed by atoms with van der Waals surface area (Å²) >= 11 is 5.80. The fourth-order valence-electron chi connectivity index (χ4n) is 4.99. The van der Waals surface area contributed by atoms with E-state index in [1.165, 1.54) is 19.2 Å². The Morgan fingerprint density at radius 1 is 1.12 bits per heavy atom. The minimum atomic E-state index is -0.728. The van der Waals surface area contributed by atoms with Crippen molar-refractivity contribution in [2.45, 2.75) is 25.7 Å². The predicted octanol–water partition coefficient (Wildman–Crippen LogP) is 3.23. The van der Waals surface area contributed by atoms with Gasteiger partial charge in [0.05, 0.1) is 49.5 Å². The minimum Gasteiger partial charge on any atom is -0.470 e. The van der Waals surface area contributed by atoms with Crippen LogP contribution in [-0.4, -0.2) is 82.8 Å². The first kappa shape index (κ1) is 29.2. The molecule has 14 heteroatoms. The summed E-state index contributed by atoms with van der Waals surface area (Å²) in [4.78, 5) is 29.7. The van der Waals surface area contributed by atoms with Crippen molar-refractivity contribution in [1.82, 2.24) is 29.6 Å². The maximum atomic E-state index is 14.4. The zero-order valence-corrected chi connectivity index (χ0v) is 24.2. The molecule has 0 bridgehead atoms. The first-order valence-corrected chi connectivity index (χ1v) is 14.2. The fraction of sp³-hybridized carbons (Fsp3) is 0.379. The quantitative estimate of drug-likeness (QED) is 0.268. The zero-order valence-electron chi connectivity index (χ0n) is 23.4. The molecule has 6 rings (SSSR count). The van der Waals surface area contributed by atoms with Gasteiger partial charge in [0.25, 0.3) is 5.88 Å². The maximum Gasteiger partial charge on any atom is 0.339 e. The number of methoxy groups -OCH3 is 1. The van der Waals surface area contributed by atoms with Gasteiger partial charge in [-0.2, -0.15) is 9.37 Å². The molecular formula is C29H30ClF2N7O4. The number of halogens is 3. The number of nitrogens with one attached hydrogen (secondary N) is 1. The number of aromatic nitrogens is 4. The number of anilines is 1. The van der Waals surface area contributed by atoms with Gasteiger partial charge in [0, 0.05) is 56.1 Å². The first-order valence-electron chi connectivity index (χ1n) is 13.8. The van der Waals surface area contributed by atoms with Crippen LogP contribution in [0.1, 0.15) is 27.3 Å². The number of carbonyl (C=O) groups excluding carboxylic acids is 1. The van der Waals surface area contributed by atoms with E-state index < -0.39 is 17.6 Å². The SMILES string of the molecule is COC(=O)c1ccc2nc(CN3CCN(c4ncc(F)c(OCc5ccc(Cl)cc5F)n4)CC3)c(CNC3COC3)n2c1. The first-order chi connectivity index (χ1) is 20.9. The molecule has 4 aromatic rings. The Hall–Kier alpha value is -3.91. The Bertz CT molecular complexity index is 1630.